The Morgan fingerprint density at radius 2 is 1.56 bits per heavy atom. The van der Waals surface area contributed by atoms with E-state index in [2.05, 4.69) is 5.38 Å². The minimum atomic E-state index is -0.221. The second-order valence-electron chi connectivity index (χ2n) is 5.93. The van der Waals surface area contributed by atoms with Gasteiger partial charge in [0.25, 0.3) is 11.8 Å². The van der Waals surface area contributed by atoms with E-state index in [1.807, 2.05) is 30.3 Å². The molecular weight excluding hydrogens is 354 g/mol. The maximum atomic E-state index is 12.4. The molecule has 0 aliphatic carbocycles. The van der Waals surface area contributed by atoms with Crippen LogP contribution in [0.5, 0.6) is 0 Å². The third-order valence-electron chi connectivity index (χ3n) is 4.25. The van der Waals surface area contributed by atoms with Crippen molar-refractivity contribution >= 4 is 34.8 Å². The number of thiophene rings is 1. The van der Waals surface area contributed by atoms with Crippen LogP contribution in [0, 0.1) is 0 Å². The topological polar surface area (TPSA) is 37.4 Å². The average Bonchev–Trinajstić information content (AvgIpc) is 3.16. The summed E-state index contributed by atoms with van der Waals surface area (Å²) in [7, 11) is 0. The number of rotatable bonds is 4. The first-order valence-corrected chi connectivity index (χ1v) is 9.14. The highest BCUT2D eigenvalue weighted by atomic mass is 35.5. The van der Waals surface area contributed by atoms with E-state index in [4.69, 9.17) is 11.6 Å². The van der Waals surface area contributed by atoms with Crippen LogP contribution in [-0.4, -0.2) is 16.7 Å². The molecular formula is C20H14ClNO2S. The number of carbonyl (C=O) groups is 2. The molecule has 0 spiro atoms. The molecule has 1 aliphatic rings. The molecule has 0 atom stereocenters. The molecule has 3 nitrogen and oxygen atoms in total. The number of hydrogen-bond acceptors (Lipinski definition) is 3. The lowest BCUT2D eigenvalue weighted by molar-refractivity contribution is 0.0644. The fraction of sp³-hybridized carbons (Fsp3) is 0.100. The van der Waals surface area contributed by atoms with Crippen LogP contribution >= 0.6 is 22.9 Å². The predicted octanol–water partition coefficient (Wildman–Crippen LogP) is 4.79. The van der Waals surface area contributed by atoms with Crippen LogP contribution in [-0.2, 0) is 13.0 Å². The Balaban J connectivity index is 1.52. The highest BCUT2D eigenvalue weighted by Crippen LogP contribution is 2.27. The van der Waals surface area contributed by atoms with Gasteiger partial charge in [-0.3, -0.25) is 14.5 Å². The Morgan fingerprint density at radius 3 is 2.24 bits per heavy atom. The van der Waals surface area contributed by atoms with Gasteiger partial charge in [-0.15, -0.1) is 11.3 Å². The van der Waals surface area contributed by atoms with E-state index < -0.39 is 0 Å². The highest BCUT2D eigenvalue weighted by Gasteiger charge is 2.35. The van der Waals surface area contributed by atoms with Gasteiger partial charge in [0.05, 0.1) is 17.7 Å². The fourth-order valence-electron chi connectivity index (χ4n) is 3.00. The highest BCUT2D eigenvalue weighted by molar-refractivity contribution is 7.10. The number of nitrogens with zero attached hydrogens (tertiary/aromatic N) is 1. The monoisotopic (exact) mass is 367 g/mol. The molecule has 0 saturated heterocycles. The molecule has 0 N–H and O–H groups in total. The van der Waals surface area contributed by atoms with Gasteiger partial charge in [-0.2, -0.15) is 0 Å². The number of fused-ring (bicyclic) bond motifs is 1. The molecule has 3 aromatic rings. The third kappa shape index (κ3) is 2.99. The zero-order valence-corrected chi connectivity index (χ0v) is 14.8. The normalized spacial score (nSPS) is 13.4. The maximum Gasteiger partial charge on any atom is 0.261 e. The van der Waals surface area contributed by atoms with Crippen molar-refractivity contribution in [2.75, 3.05) is 0 Å². The van der Waals surface area contributed by atoms with Crippen LogP contribution in [0.4, 0.5) is 0 Å². The lowest BCUT2D eigenvalue weighted by atomic mass is 10.1. The van der Waals surface area contributed by atoms with E-state index in [0.29, 0.717) is 17.7 Å². The van der Waals surface area contributed by atoms with Gasteiger partial charge in [-0.1, -0.05) is 41.9 Å². The lowest BCUT2D eigenvalue weighted by Gasteiger charge is -2.12. The third-order valence-corrected chi connectivity index (χ3v) is 5.59. The van der Waals surface area contributed by atoms with Crippen LogP contribution in [0.25, 0.3) is 0 Å². The van der Waals surface area contributed by atoms with Crippen molar-refractivity contribution in [1.29, 1.82) is 0 Å². The zero-order valence-electron chi connectivity index (χ0n) is 13.2. The molecule has 4 rings (SSSR count). The maximum absolute atomic E-state index is 12.4. The Bertz CT molecular complexity index is 944. The molecule has 0 radical (unpaired) electrons. The summed E-state index contributed by atoms with van der Waals surface area (Å²) in [6.07, 6.45) is 0.734. The van der Waals surface area contributed by atoms with Gasteiger partial charge in [-0.05, 0) is 47.2 Å². The van der Waals surface area contributed by atoms with Gasteiger partial charge < -0.3 is 0 Å². The van der Waals surface area contributed by atoms with Crippen molar-refractivity contribution in [3.8, 4) is 0 Å². The van der Waals surface area contributed by atoms with Gasteiger partial charge in [0.2, 0.25) is 0 Å². The summed E-state index contributed by atoms with van der Waals surface area (Å²) < 4.78 is 0. The van der Waals surface area contributed by atoms with Gasteiger partial charge in [0, 0.05) is 9.90 Å². The van der Waals surface area contributed by atoms with Crippen molar-refractivity contribution in [2.24, 2.45) is 0 Å². The average molecular weight is 368 g/mol. The first-order chi connectivity index (χ1) is 12.1. The molecule has 2 aromatic carbocycles. The molecule has 1 aromatic heterocycles. The Kier molecular flexibility index (Phi) is 4.15. The van der Waals surface area contributed by atoms with Crippen molar-refractivity contribution in [3.63, 3.8) is 0 Å². The number of hydrogen-bond donors (Lipinski definition) is 0. The second-order valence-corrected chi connectivity index (χ2v) is 7.33. The van der Waals surface area contributed by atoms with Crippen LogP contribution in [0.2, 0.25) is 5.02 Å². The van der Waals surface area contributed by atoms with Gasteiger partial charge in [-0.25, -0.2) is 0 Å². The summed E-state index contributed by atoms with van der Waals surface area (Å²) >= 11 is 7.77. The van der Waals surface area contributed by atoms with Gasteiger partial charge in [0.1, 0.15) is 0 Å². The Hall–Kier alpha value is -2.43. The number of benzene rings is 2. The minimum Gasteiger partial charge on any atom is -0.269 e. The Morgan fingerprint density at radius 1 is 0.920 bits per heavy atom. The quantitative estimate of drug-likeness (QED) is 0.622. The summed E-state index contributed by atoms with van der Waals surface area (Å²) in [4.78, 5) is 27.2. The van der Waals surface area contributed by atoms with Crippen LogP contribution in [0.1, 0.15) is 36.7 Å². The molecule has 25 heavy (non-hydrogen) atoms. The molecule has 0 saturated carbocycles. The summed E-state index contributed by atoms with van der Waals surface area (Å²) in [6, 6.07) is 16.8. The second kappa shape index (κ2) is 6.47. The number of halogens is 1. The van der Waals surface area contributed by atoms with E-state index in [9.17, 15) is 9.59 Å². The van der Waals surface area contributed by atoms with Crippen molar-refractivity contribution in [1.82, 2.24) is 4.90 Å². The smallest absolute Gasteiger partial charge is 0.261 e. The molecule has 2 amide bonds. The molecule has 0 bridgehead atoms. The van der Waals surface area contributed by atoms with E-state index in [-0.39, 0.29) is 11.8 Å². The largest absolute Gasteiger partial charge is 0.269 e. The molecule has 5 heteroatoms. The van der Waals surface area contributed by atoms with E-state index in [0.717, 1.165) is 27.4 Å². The first-order valence-electron chi connectivity index (χ1n) is 7.88. The minimum absolute atomic E-state index is 0.221. The summed E-state index contributed by atoms with van der Waals surface area (Å²) in [5, 5.41) is 2.80. The van der Waals surface area contributed by atoms with Crippen molar-refractivity contribution < 1.29 is 9.59 Å². The Labute approximate surface area is 154 Å². The SMILES string of the molecule is O=C1c2ccccc2C(=O)N1Cc1cc(Cc2ccccc2Cl)cs1. The molecule has 124 valence electrons. The van der Waals surface area contributed by atoms with E-state index >= 15 is 0 Å². The van der Waals surface area contributed by atoms with E-state index in [1.54, 1.807) is 35.6 Å². The van der Waals surface area contributed by atoms with Crippen LogP contribution in [0.3, 0.4) is 0 Å². The molecule has 1 aliphatic heterocycles. The summed E-state index contributed by atoms with van der Waals surface area (Å²) in [6.45, 7) is 0.305. The standard InChI is InChI=1S/C20H14ClNO2S/c21-18-8-4-1-5-14(18)9-13-10-15(25-12-13)11-22-19(23)16-6-2-3-7-17(16)20(22)24/h1-8,10,12H,9,11H2. The van der Waals surface area contributed by atoms with Crippen LogP contribution < -0.4 is 0 Å². The molecule has 0 fully saturated rings. The van der Waals surface area contributed by atoms with Gasteiger partial charge in [0.15, 0.2) is 0 Å². The van der Waals surface area contributed by atoms with Crippen molar-refractivity contribution in [3.05, 3.63) is 92.1 Å². The number of imide groups is 1. The molecule has 2 heterocycles. The fourth-order valence-corrected chi connectivity index (χ4v) is 4.08. The first kappa shape index (κ1) is 16.1. The lowest BCUT2D eigenvalue weighted by Crippen LogP contribution is -2.28. The summed E-state index contributed by atoms with van der Waals surface area (Å²) in [5.74, 6) is -0.441. The van der Waals surface area contributed by atoms with Crippen molar-refractivity contribution in [2.45, 2.75) is 13.0 Å². The van der Waals surface area contributed by atoms with E-state index in [1.165, 1.54) is 4.90 Å². The van der Waals surface area contributed by atoms with Crippen LogP contribution in [0.15, 0.2) is 60.0 Å². The summed E-state index contributed by atoms with van der Waals surface area (Å²) in [5.41, 5.74) is 3.17. The predicted molar refractivity (Wildman–Crippen MR) is 99.2 cm³/mol. The molecule has 0 unspecified atom stereocenters. The number of carbonyl (C=O) groups excluding carboxylic acids is 2. The number of amides is 2. The van der Waals surface area contributed by atoms with Gasteiger partial charge >= 0.3 is 0 Å². The zero-order chi connectivity index (χ0) is 17.4.